The molecule has 0 unspecified atom stereocenters. The van der Waals surface area contributed by atoms with Crippen LogP contribution in [0.2, 0.25) is 0 Å². The zero-order valence-electron chi connectivity index (χ0n) is 13.4. The van der Waals surface area contributed by atoms with Crippen LogP contribution in [0.5, 0.6) is 0 Å². The summed E-state index contributed by atoms with van der Waals surface area (Å²) >= 11 is 1.60. The molecule has 0 saturated carbocycles. The molecule has 0 aliphatic rings. The highest BCUT2D eigenvalue weighted by molar-refractivity contribution is 7.10. The minimum absolute atomic E-state index is 0.628. The Hall–Kier alpha value is -1.87. The predicted octanol–water partition coefficient (Wildman–Crippen LogP) is 4.86. The molecule has 0 fully saturated rings. The van der Waals surface area contributed by atoms with Crippen molar-refractivity contribution in [3.05, 3.63) is 64.8 Å². The van der Waals surface area contributed by atoms with Gasteiger partial charge in [-0.25, -0.2) is 4.98 Å². The Morgan fingerprint density at radius 3 is 2.71 bits per heavy atom. The fraction of sp³-hybridized carbons (Fsp3) is 0.278. The Bertz CT molecular complexity index is 727. The van der Waals surface area contributed by atoms with Crippen molar-refractivity contribution >= 4 is 11.3 Å². The van der Waals surface area contributed by atoms with Crippen molar-refractivity contribution in [2.45, 2.75) is 26.8 Å². The van der Waals surface area contributed by atoms with Crippen LogP contribution in [0.15, 0.2) is 54.4 Å². The van der Waals surface area contributed by atoms with E-state index in [0.29, 0.717) is 11.3 Å². The van der Waals surface area contributed by atoms with E-state index in [2.05, 4.69) is 53.7 Å². The predicted molar refractivity (Wildman–Crippen MR) is 89.6 cm³/mol. The second-order valence-electron chi connectivity index (χ2n) is 5.76. The van der Waals surface area contributed by atoms with Crippen LogP contribution in [-0.2, 0) is 13.0 Å². The molecule has 0 bridgehead atoms. The Labute approximate surface area is 131 Å². The third-order valence-electron chi connectivity index (χ3n) is 3.40. The molecule has 108 valence electrons. The van der Waals surface area contributed by atoms with Crippen molar-refractivity contribution in [2.24, 2.45) is 5.92 Å². The number of benzene rings is 1. The largest absolute Gasteiger partial charge is 0.333 e. The Morgan fingerprint density at radius 2 is 2.05 bits per heavy atom. The van der Waals surface area contributed by atoms with E-state index < -0.39 is 0 Å². The van der Waals surface area contributed by atoms with Gasteiger partial charge in [-0.15, -0.1) is 11.3 Å². The van der Waals surface area contributed by atoms with E-state index in [1.165, 1.54) is 10.4 Å². The standard InChI is InChI=1S/C18H20N2S/c1-14(2)9-18-10-17(12-21-18)16-5-3-15(4-6-16)11-20-8-7-19-13-20/h3-8,10,12-14H,9,11H2,1-2H3/i12D. The molecule has 0 N–H and O–H groups in total. The molecule has 2 nitrogen and oxygen atoms in total. The van der Waals surface area contributed by atoms with Crippen molar-refractivity contribution in [1.82, 2.24) is 9.55 Å². The lowest BCUT2D eigenvalue weighted by molar-refractivity contribution is 0.654. The van der Waals surface area contributed by atoms with Crippen LogP contribution in [0, 0.1) is 5.92 Å². The van der Waals surface area contributed by atoms with Crippen LogP contribution in [0.25, 0.3) is 11.1 Å². The Morgan fingerprint density at radius 1 is 1.24 bits per heavy atom. The lowest BCUT2D eigenvalue weighted by Gasteiger charge is -2.04. The van der Waals surface area contributed by atoms with E-state index in [4.69, 9.17) is 1.37 Å². The van der Waals surface area contributed by atoms with Crippen molar-refractivity contribution in [3.8, 4) is 11.1 Å². The number of imidazole rings is 1. The van der Waals surface area contributed by atoms with E-state index in [-0.39, 0.29) is 0 Å². The molecule has 3 aromatic rings. The number of nitrogens with zero attached hydrogens (tertiary/aromatic N) is 2. The van der Waals surface area contributed by atoms with Crippen molar-refractivity contribution < 1.29 is 1.37 Å². The average molecular weight is 297 g/mol. The highest BCUT2D eigenvalue weighted by Gasteiger charge is 2.05. The monoisotopic (exact) mass is 297 g/mol. The van der Waals surface area contributed by atoms with Gasteiger partial charge in [0.05, 0.1) is 7.70 Å². The van der Waals surface area contributed by atoms with E-state index >= 15 is 0 Å². The van der Waals surface area contributed by atoms with Gasteiger partial charge in [0.2, 0.25) is 0 Å². The zero-order valence-corrected chi connectivity index (χ0v) is 13.2. The first-order chi connectivity index (χ1) is 10.6. The summed E-state index contributed by atoms with van der Waals surface area (Å²) in [5.74, 6) is 0.628. The summed E-state index contributed by atoms with van der Waals surface area (Å²) in [6, 6.07) is 10.7. The topological polar surface area (TPSA) is 17.8 Å². The zero-order chi connectivity index (χ0) is 15.5. The minimum atomic E-state index is 0.628. The molecule has 21 heavy (non-hydrogen) atoms. The van der Waals surface area contributed by atoms with Crippen LogP contribution < -0.4 is 0 Å². The normalized spacial score (nSPS) is 11.9. The first kappa shape index (κ1) is 12.8. The quantitative estimate of drug-likeness (QED) is 0.657. The lowest BCUT2D eigenvalue weighted by Crippen LogP contribution is -1.95. The molecule has 2 aromatic heterocycles. The molecule has 0 amide bonds. The van der Waals surface area contributed by atoms with E-state index in [1.54, 1.807) is 17.5 Å². The van der Waals surface area contributed by atoms with Crippen LogP contribution >= 0.6 is 11.3 Å². The van der Waals surface area contributed by atoms with Crippen LogP contribution in [0.3, 0.4) is 0 Å². The first-order valence-electron chi connectivity index (χ1n) is 7.76. The van der Waals surface area contributed by atoms with Gasteiger partial charge in [0.1, 0.15) is 0 Å². The molecule has 0 spiro atoms. The Balaban J connectivity index is 1.79. The molecule has 3 heteroatoms. The van der Waals surface area contributed by atoms with Crippen LogP contribution in [-0.4, -0.2) is 9.55 Å². The summed E-state index contributed by atoms with van der Waals surface area (Å²) in [7, 11) is 0. The third kappa shape index (κ3) is 3.61. The van der Waals surface area contributed by atoms with Gasteiger partial charge in [0.25, 0.3) is 0 Å². The maximum atomic E-state index is 8.19. The summed E-state index contributed by atoms with van der Waals surface area (Å²) in [6.07, 6.45) is 6.64. The Kier molecular flexibility index (Phi) is 3.83. The maximum absolute atomic E-state index is 8.19. The summed E-state index contributed by atoms with van der Waals surface area (Å²) in [5.41, 5.74) is 3.42. The SMILES string of the molecule is [2H]c1sc(CC(C)C)cc1-c1ccc(Cn2ccnc2)cc1. The minimum Gasteiger partial charge on any atom is -0.333 e. The summed E-state index contributed by atoms with van der Waals surface area (Å²) in [6.45, 7) is 5.26. The van der Waals surface area contributed by atoms with Crippen molar-refractivity contribution in [3.63, 3.8) is 0 Å². The van der Waals surface area contributed by atoms with Crippen LogP contribution in [0.1, 0.15) is 25.7 Å². The molecule has 0 aliphatic carbocycles. The summed E-state index contributed by atoms with van der Waals surface area (Å²) < 4.78 is 10.2. The lowest BCUT2D eigenvalue weighted by atomic mass is 10.0. The van der Waals surface area contributed by atoms with Crippen molar-refractivity contribution in [2.75, 3.05) is 0 Å². The number of rotatable bonds is 5. The maximum Gasteiger partial charge on any atom is 0.0949 e. The molecular formula is C18H20N2S. The van der Waals surface area contributed by atoms with Gasteiger partial charge < -0.3 is 4.57 Å². The van der Waals surface area contributed by atoms with Crippen LogP contribution in [0.4, 0.5) is 0 Å². The number of hydrogen-bond acceptors (Lipinski definition) is 2. The third-order valence-corrected chi connectivity index (χ3v) is 4.26. The number of thiophene rings is 1. The molecule has 0 saturated heterocycles. The van der Waals surface area contributed by atoms with Crippen molar-refractivity contribution in [1.29, 1.82) is 0 Å². The average Bonchev–Trinajstić information content (AvgIpc) is 3.09. The molecule has 3 rings (SSSR count). The van der Waals surface area contributed by atoms with Gasteiger partial charge in [-0.1, -0.05) is 38.1 Å². The molecule has 0 radical (unpaired) electrons. The summed E-state index contributed by atoms with van der Waals surface area (Å²) in [5, 5.41) is 0.665. The van der Waals surface area contributed by atoms with Gasteiger partial charge >= 0.3 is 0 Å². The van der Waals surface area contributed by atoms with Gasteiger partial charge in [0.15, 0.2) is 0 Å². The smallest absolute Gasteiger partial charge is 0.0949 e. The fourth-order valence-corrected chi connectivity index (χ4v) is 3.38. The van der Waals surface area contributed by atoms with Gasteiger partial charge in [-0.05, 0) is 40.5 Å². The fourth-order valence-electron chi connectivity index (χ4n) is 2.37. The highest BCUT2D eigenvalue weighted by atomic mass is 32.1. The second kappa shape index (κ2) is 6.27. The highest BCUT2D eigenvalue weighted by Crippen LogP contribution is 2.27. The molecule has 2 heterocycles. The van der Waals surface area contributed by atoms with Gasteiger partial charge in [-0.3, -0.25) is 0 Å². The second-order valence-corrected chi connectivity index (χ2v) is 6.69. The first-order valence-corrected chi connectivity index (χ1v) is 8.08. The van der Waals surface area contributed by atoms with E-state index in [0.717, 1.165) is 24.1 Å². The number of aromatic nitrogens is 2. The number of hydrogen-bond donors (Lipinski definition) is 0. The van der Waals surface area contributed by atoms with Gasteiger partial charge in [-0.2, -0.15) is 0 Å². The molecule has 0 atom stereocenters. The molecule has 1 aromatic carbocycles. The van der Waals surface area contributed by atoms with E-state index in [9.17, 15) is 0 Å². The summed E-state index contributed by atoms with van der Waals surface area (Å²) in [4.78, 5) is 5.36. The van der Waals surface area contributed by atoms with Gasteiger partial charge in [0, 0.05) is 23.8 Å². The molecule has 0 aliphatic heterocycles. The van der Waals surface area contributed by atoms with E-state index in [1.807, 2.05) is 12.5 Å². The molecular weight excluding hydrogens is 276 g/mol.